The molecule has 1 aromatic rings. The molecule has 0 aromatic carbocycles. The topological polar surface area (TPSA) is 46.6 Å². The zero-order valence-electron chi connectivity index (χ0n) is 7.14. The lowest BCUT2D eigenvalue weighted by Gasteiger charge is -2.11. The third-order valence-electron chi connectivity index (χ3n) is 1.79. The maximum absolute atomic E-state index is 11.8. The van der Waals surface area contributed by atoms with Crippen molar-refractivity contribution in [1.29, 1.82) is 0 Å². The molecular formula is C7H8BrNO3S2. The number of halogens is 1. The fourth-order valence-electron chi connectivity index (χ4n) is 1.15. The zero-order valence-corrected chi connectivity index (χ0v) is 10.4. The number of thiophene rings is 1. The fraction of sp³-hybridized carbons (Fsp3) is 0.429. The molecule has 0 aliphatic carbocycles. The highest BCUT2D eigenvalue weighted by Crippen LogP contribution is 2.29. The molecule has 14 heavy (non-hydrogen) atoms. The van der Waals surface area contributed by atoms with Gasteiger partial charge in [-0.2, -0.15) is 0 Å². The van der Waals surface area contributed by atoms with Crippen LogP contribution in [0.3, 0.4) is 0 Å². The van der Waals surface area contributed by atoms with Gasteiger partial charge in [0.15, 0.2) is 0 Å². The monoisotopic (exact) mass is 297 g/mol. The minimum Gasteiger partial charge on any atom is -0.284 e. The second-order valence-electron chi connectivity index (χ2n) is 2.78. The average Bonchev–Trinajstić information content (AvgIpc) is 2.72. The first-order chi connectivity index (χ1) is 6.60. The quantitative estimate of drug-likeness (QED) is 0.837. The Balaban J connectivity index is 2.32. The van der Waals surface area contributed by atoms with Crippen molar-refractivity contribution in [2.45, 2.75) is 10.6 Å². The molecule has 2 rings (SSSR count). The minimum atomic E-state index is -3.42. The molecule has 2 heterocycles. The summed E-state index contributed by atoms with van der Waals surface area (Å²) in [6, 6.07) is 3.29. The van der Waals surface area contributed by atoms with Crippen molar-refractivity contribution in [1.82, 2.24) is 4.47 Å². The van der Waals surface area contributed by atoms with Gasteiger partial charge in [0.25, 0.3) is 10.0 Å². The van der Waals surface area contributed by atoms with E-state index in [9.17, 15) is 8.42 Å². The van der Waals surface area contributed by atoms with Gasteiger partial charge in [-0.3, -0.25) is 4.84 Å². The van der Waals surface area contributed by atoms with Crippen LogP contribution in [0.2, 0.25) is 0 Å². The molecule has 1 aliphatic heterocycles. The van der Waals surface area contributed by atoms with Gasteiger partial charge in [-0.15, -0.1) is 11.3 Å². The molecule has 1 saturated heterocycles. The van der Waals surface area contributed by atoms with Gasteiger partial charge in [-0.1, -0.05) is 4.47 Å². The van der Waals surface area contributed by atoms with Crippen LogP contribution in [0.25, 0.3) is 0 Å². The van der Waals surface area contributed by atoms with E-state index in [0.717, 1.165) is 14.7 Å². The highest BCUT2D eigenvalue weighted by molar-refractivity contribution is 9.11. The molecule has 7 heteroatoms. The van der Waals surface area contributed by atoms with Crippen LogP contribution < -0.4 is 0 Å². The number of hydroxylamine groups is 1. The zero-order chi connectivity index (χ0) is 10.2. The summed E-state index contributed by atoms with van der Waals surface area (Å²) < 4.78 is 25.8. The van der Waals surface area contributed by atoms with Gasteiger partial charge < -0.3 is 0 Å². The first kappa shape index (κ1) is 10.6. The molecule has 1 fully saturated rings. The molecule has 4 nitrogen and oxygen atoms in total. The van der Waals surface area contributed by atoms with Crippen molar-refractivity contribution in [3.05, 3.63) is 15.9 Å². The normalized spacial score (nSPS) is 18.9. The number of sulfonamides is 1. The summed E-state index contributed by atoms with van der Waals surface area (Å²) in [5, 5.41) is 0. The smallest absolute Gasteiger partial charge is 0.274 e. The van der Waals surface area contributed by atoms with Crippen LogP contribution in [0.15, 0.2) is 20.1 Å². The number of nitrogens with zero attached hydrogens (tertiary/aromatic N) is 1. The highest BCUT2D eigenvalue weighted by Gasteiger charge is 2.29. The molecule has 0 radical (unpaired) electrons. The molecule has 0 atom stereocenters. The van der Waals surface area contributed by atoms with Gasteiger partial charge in [-0.25, -0.2) is 8.42 Å². The maximum Gasteiger partial charge on any atom is 0.274 e. The second-order valence-corrected chi connectivity index (χ2v) is 7.30. The van der Waals surface area contributed by atoms with E-state index < -0.39 is 10.0 Å². The predicted molar refractivity (Wildman–Crippen MR) is 56.5 cm³/mol. The van der Waals surface area contributed by atoms with Gasteiger partial charge >= 0.3 is 0 Å². The van der Waals surface area contributed by atoms with E-state index in [1.165, 1.54) is 11.3 Å². The van der Waals surface area contributed by atoms with E-state index in [-0.39, 0.29) is 0 Å². The molecule has 0 amide bonds. The third-order valence-corrected chi connectivity index (χ3v) is 5.56. The highest BCUT2D eigenvalue weighted by atomic mass is 79.9. The van der Waals surface area contributed by atoms with E-state index >= 15 is 0 Å². The van der Waals surface area contributed by atoms with Crippen LogP contribution in [0.5, 0.6) is 0 Å². The van der Waals surface area contributed by atoms with Crippen LogP contribution >= 0.6 is 27.3 Å². The Kier molecular flexibility index (Phi) is 2.94. The maximum atomic E-state index is 11.8. The molecular weight excluding hydrogens is 290 g/mol. The second kappa shape index (κ2) is 3.90. The lowest BCUT2D eigenvalue weighted by Crippen LogP contribution is -2.25. The Labute approximate surface area is 94.6 Å². The largest absolute Gasteiger partial charge is 0.284 e. The van der Waals surface area contributed by atoms with Crippen molar-refractivity contribution >= 4 is 37.3 Å². The molecule has 0 saturated carbocycles. The third kappa shape index (κ3) is 1.87. The van der Waals surface area contributed by atoms with Crippen molar-refractivity contribution in [3.63, 3.8) is 0 Å². The SMILES string of the molecule is O=S(=O)(c1ccc(Br)s1)N1CCCO1. The summed E-state index contributed by atoms with van der Waals surface area (Å²) in [5.74, 6) is 0. The summed E-state index contributed by atoms with van der Waals surface area (Å²) in [4.78, 5) is 5.02. The fourth-order valence-corrected chi connectivity index (χ4v) is 4.56. The standard InChI is InChI=1S/C7H8BrNO3S2/c8-6-2-3-7(13-6)14(10,11)9-4-1-5-12-9/h2-3H,1,4-5H2. The van der Waals surface area contributed by atoms with Crippen LogP contribution in [-0.2, 0) is 14.9 Å². The van der Waals surface area contributed by atoms with Gasteiger partial charge in [0.05, 0.1) is 10.4 Å². The molecule has 78 valence electrons. The van der Waals surface area contributed by atoms with E-state index in [1.54, 1.807) is 12.1 Å². The Morgan fingerprint density at radius 2 is 2.29 bits per heavy atom. The average molecular weight is 298 g/mol. The summed E-state index contributed by atoms with van der Waals surface area (Å²) in [5.41, 5.74) is 0. The number of hydrogen-bond acceptors (Lipinski definition) is 4. The van der Waals surface area contributed by atoms with Crippen LogP contribution in [0.1, 0.15) is 6.42 Å². The number of rotatable bonds is 2. The van der Waals surface area contributed by atoms with Gasteiger partial charge in [0.1, 0.15) is 4.21 Å². The lowest BCUT2D eigenvalue weighted by molar-refractivity contribution is -0.0282. The van der Waals surface area contributed by atoms with E-state index in [0.29, 0.717) is 17.4 Å². The van der Waals surface area contributed by atoms with Crippen LogP contribution in [-0.4, -0.2) is 26.0 Å². The summed E-state index contributed by atoms with van der Waals surface area (Å²) in [7, 11) is -3.42. The Morgan fingerprint density at radius 1 is 1.50 bits per heavy atom. The van der Waals surface area contributed by atoms with Crippen molar-refractivity contribution < 1.29 is 13.3 Å². The van der Waals surface area contributed by atoms with Crippen molar-refractivity contribution in [2.24, 2.45) is 0 Å². The molecule has 1 aliphatic rings. The number of hydrogen-bond donors (Lipinski definition) is 0. The van der Waals surface area contributed by atoms with Crippen molar-refractivity contribution in [3.8, 4) is 0 Å². The van der Waals surface area contributed by atoms with Crippen LogP contribution in [0.4, 0.5) is 0 Å². The first-order valence-electron chi connectivity index (χ1n) is 4.02. The Morgan fingerprint density at radius 3 is 2.79 bits per heavy atom. The van der Waals surface area contributed by atoms with E-state index in [1.807, 2.05) is 0 Å². The van der Waals surface area contributed by atoms with E-state index in [2.05, 4.69) is 15.9 Å². The predicted octanol–water partition coefficient (Wildman–Crippen LogP) is 1.84. The van der Waals surface area contributed by atoms with Crippen molar-refractivity contribution in [2.75, 3.05) is 13.2 Å². The van der Waals surface area contributed by atoms with E-state index in [4.69, 9.17) is 4.84 Å². The molecule has 0 bridgehead atoms. The molecule has 0 spiro atoms. The summed E-state index contributed by atoms with van der Waals surface area (Å²) in [6.45, 7) is 0.920. The first-order valence-corrected chi connectivity index (χ1v) is 7.06. The molecule has 1 aromatic heterocycles. The lowest BCUT2D eigenvalue weighted by atomic mass is 10.5. The molecule has 0 N–H and O–H groups in total. The van der Waals surface area contributed by atoms with Gasteiger partial charge in [-0.05, 0) is 34.5 Å². The van der Waals surface area contributed by atoms with Gasteiger partial charge in [0, 0.05) is 6.54 Å². The summed E-state index contributed by atoms with van der Waals surface area (Å²) in [6.07, 6.45) is 0.756. The van der Waals surface area contributed by atoms with Gasteiger partial charge in [0.2, 0.25) is 0 Å². The Hall–Kier alpha value is 0.0500. The minimum absolute atomic E-state index is 0.311. The Bertz CT molecular complexity index is 422. The molecule has 0 unspecified atom stereocenters. The van der Waals surface area contributed by atoms with Crippen LogP contribution in [0, 0.1) is 0 Å². The summed E-state index contributed by atoms with van der Waals surface area (Å²) >= 11 is 4.42.